The number of rotatable bonds is 3. The first-order valence-corrected chi connectivity index (χ1v) is 8.63. The third-order valence-corrected chi connectivity index (χ3v) is 5.75. The van der Waals surface area contributed by atoms with Crippen molar-refractivity contribution in [2.24, 2.45) is 0 Å². The minimum absolute atomic E-state index is 0.0578. The van der Waals surface area contributed by atoms with Gasteiger partial charge in [0.05, 0.1) is 27.2 Å². The molecule has 0 saturated carbocycles. The number of nitrogens with zero attached hydrogens (tertiary/aromatic N) is 1. The lowest BCUT2D eigenvalue weighted by Gasteiger charge is -2.15. The Kier molecular flexibility index (Phi) is 4.43. The Hall–Kier alpha value is -1.45. The van der Waals surface area contributed by atoms with Gasteiger partial charge in [0.15, 0.2) is 0 Å². The number of carbonyl (C=O) groups is 1. The highest BCUT2D eigenvalue weighted by atomic mass is 32.2. The molecule has 23 heavy (non-hydrogen) atoms. The fraction of sp³-hybridized carbons (Fsp3) is 0.429. The van der Waals surface area contributed by atoms with E-state index in [1.807, 2.05) is 4.90 Å². The molecule has 1 fully saturated rings. The highest BCUT2D eigenvalue weighted by Crippen LogP contribution is 2.37. The van der Waals surface area contributed by atoms with Gasteiger partial charge >= 0.3 is 6.18 Å². The normalized spacial score (nSPS) is 16.1. The molecule has 2 aromatic rings. The Balaban J connectivity index is 1.91. The monoisotopic (exact) mass is 362 g/mol. The second-order valence-corrected chi connectivity index (χ2v) is 7.59. The molecule has 1 aliphatic rings. The van der Waals surface area contributed by atoms with Crippen molar-refractivity contribution in [3.05, 3.63) is 26.5 Å². The van der Waals surface area contributed by atoms with E-state index in [2.05, 4.69) is 5.32 Å². The maximum atomic E-state index is 13.0. The molecule has 9 heteroatoms. The van der Waals surface area contributed by atoms with Crippen LogP contribution in [0.15, 0.2) is 16.9 Å². The van der Waals surface area contributed by atoms with E-state index in [0.29, 0.717) is 4.70 Å². The number of anilines is 1. The van der Waals surface area contributed by atoms with Gasteiger partial charge in [0, 0.05) is 0 Å². The van der Waals surface area contributed by atoms with Crippen LogP contribution in [0.1, 0.15) is 18.4 Å². The average molecular weight is 362 g/mol. The van der Waals surface area contributed by atoms with Crippen molar-refractivity contribution >= 4 is 43.7 Å². The molecule has 2 heterocycles. The van der Waals surface area contributed by atoms with Crippen LogP contribution in [0.5, 0.6) is 0 Å². The van der Waals surface area contributed by atoms with Crippen LogP contribution >= 0.6 is 22.7 Å². The summed E-state index contributed by atoms with van der Waals surface area (Å²) in [6, 6.07) is 1.85. The van der Waals surface area contributed by atoms with Crippen molar-refractivity contribution in [2.45, 2.75) is 19.0 Å². The zero-order valence-electron chi connectivity index (χ0n) is 11.9. The number of halogens is 3. The zero-order valence-corrected chi connectivity index (χ0v) is 13.5. The summed E-state index contributed by atoms with van der Waals surface area (Å²) in [7, 11) is 0. The number of carbonyl (C=O) groups excluding carboxylic acids is 1. The lowest BCUT2D eigenvalue weighted by molar-refractivity contribution is -0.137. The van der Waals surface area contributed by atoms with Crippen LogP contribution in [0.3, 0.4) is 0 Å². The molecule has 0 atom stereocenters. The number of benzene rings is 1. The minimum atomic E-state index is -4.53. The molecule has 0 spiro atoms. The zero-order chi connectivity index (χ0) is 16.6. The predicted octanol–water partition coefficient (Wildman–Crippen LogP) is 3.38. The molecule has 0 aliphatic carbocycles. The first-order valence-electron chi connectivity index (χ1n) is 7.00. The highest BCUT2D eigenvalue weighted by Gasteiger charge is 2.32. The molecule has 124 valence electrons. The summed E-state index contributed by atoms with van der Waals surface area (Å²) in [6.45, 7) is 1.78. The number of nitrogens with one attached hydrogen (secondary N) is 1. The first-order chi connectivity index (χ1) is 10.8. The smallest absolute Gasteiger partial charge is 0.324 e. The van der Waals surface area contributed by atoms with E-state index in [-0.39, 0.29) is 26.9 Å². The highest BCUT2D eigenvalue weighted by molar-refractivity contribution is 7.36. The molecule has 1 aliphatic heterocycles. The summed E-state index contributed by atoms with van der Waals surface area (Å²) in [6.07, 6.45) is -2.49. The Morgan fingerprint density at radius 1 is 1.22 bits per heavy atom. The number of fused-ring (bicyclic) bond motifs is 1. The van der Waals surface area contributed by atoms with E-state index in [4.69, 9.17) is 0 Å². The fourth-order valence-electron chi connectivity index (χ4n) is 2.57. The summed E-state index contributed by atoms with van der Waals surface area (Å²) < 4.78 is 39.3. The lowest BCUT2D eigenvalue weighted by Crippen LogP contribution is -2.31. The molecule has 1 N–H and O–H groups in total. The van der Waals surface area contributed by atoms with Gasteiger partial charge in [-0.05, 0) is 38.1 Å². The maximum absolute atomic E-state index is 13.0. The second kappa shape index (κ2) is 6.21. The number of hydrogen-bond acceptors (Lipinski definition) is 5. The van der Waals surface area contributed by atoms with Gasteiger partial charge in [0.2, 0.25) is 5.91 Å². The Bertz CT molecular complexity index is 791. The molecule has 1 aromatic carbocycles. The SMILES string of the molecule is O=C(CN1CCCC1)Nc1cc(C(F)(F)F)cc2sc(=O)sc12. The van der Waals surface area contributed by atoms with Crippen LogP contribution < -0.4 is 9.37 Å². The van der Waals surface area contributed by atoms with Gasteiger partial charge in [0.25, 0.3) is 4.06 Å². The number of likely N-dealkylation sites (tertiary alicyclic amines) is 1. The first kappa shape index (κ1) is 16.4. The predicted molar refractivity (Wildman–Crippen MR) is 85.3 cm³/mol. The van der Waals surface area contributed by atoms with Gasteiger partial charge in [-0.15, -0.1) is 0 Å². The van der Waals surface area contributed by atoms with Gasteiger partial charge in [-0.25, -0.2) is 0 Å². The number of hydrogen-bond donors (Lipinski definition) is 1. The van der Waals surface area contributed by atoms with Gasteiger partial charge in [0.1, 0.15) is 0 Å². The summed E-state index contributed by atoms with van der Waals surface area (Å²) in [5.74, 6) is -0.363. The van der Waals surface area contributed by atoms with E-state index in [9.17, 15) is 22.8 Å². The van der Waals surface area contributed by atoms with Gasteiger partial charge in [-0.3, -0.25) is 14.5 Å². The van der Waals surface area contributed by atoms with Crippen molar-refractivity contribution in [3.63, 3.8) is 0 Å². The van der Waals surface area contributed by atoms with Crippen LogP contribution in [0.2, 0.25) is 0 Å². The van der Waals surface area contributed by atoms with Gasteiger partial charge < -0.3 is 5.32 Å². The number of amides is 1. The molecule has 1 amide bonds. The third-order valence-electron chi connectivity index (χ3n) is 3.60. The lowest BCUT2D eigenvalue weighted by atomic mass is 10.2. The largest absolute Gasteiger partial charge is 0.416 e. The summed E-state index contributed by atoms with van der Waals surface area (Å²) in [5.41, 5.74) is -0.808. The topological polar surface area (TPSA) is 49.4 Å². The van der Waals surface area contributed by atoms with Crippen molar-refractivity contribution in [2.75, 3.05) is 25.0 Å². The fourth-order valence-corrected chi connectivity index (χ4v) is 4.62. The molecule has 0 bridgehead atoms. The molecule has 0 radical (unpaired) electrons. The molecule has 4 nitrogen and oxygen atoms in total. The van der Waals surface area contributed by atoms with Gasteiger partial charge in [-0.1, -0.05) is 22.7 Å². The molecule has 0 unspecified atom stereocenters. The summed E-state index contributed by atoms with van der Waals surface area (Å²) >= 11 is 1.61. The van der Waals surface area contributed by atoms with Crippen LogP contribution in [0, 0.1) is 0 Å². The Labute approximate surface area is 137 Å². The second-order valence-electron chi connectivity index (χ2n) is 5.33. The van der Waals surface area contributed by atoms with Crippen LogP contribution in [-0.2, 0) is 11.0 Å². The van der Waals surface area contributed by atoms with E-state index < -0.39 is 11.7 Å². The molecule has 1 aromatic heterocycles. The van der Waals surface area contributed by atoms with Crippen molar-refractivity contribution in [1.82, 2.24) is 4.90 Å². The van der Waals surface area contributed by atoms with Crippen molar-refractivity contribution in [1.29, 1.82) is 0 Å². The van der Waals surface area contributed by atoms with E-state index in [1.54, 1.807) is 0 Å². The summed E-state index contributed by atoms with van der Waals surface area (Å²) in [4.78, 5) is 25.5. The minimum Gasteiger partial charge on any atom is -0.324 e. The van der Waals surface area contributed by atoms with E-state index >= 15 is 0 Å². The quantitative estimate of drug-likeness (QED) is 0.911. The standard InChI is InChI=1S/C14H13F3N2O2S2/c15-14(16,17)8-5-9(12-10(6-8)22-13(21)23-12)18-11(20)7-19-3-1-2-4-19/h5-6H,1-4,7H2,(H,18,20). The van der Waals surface area contributed by atoms with Crippen molar-refractivity contribution in [3.8, 4) is 0 Å². The third kappa shape index (κ3) is 3.73. The maximum Gasteiger partial charge on any atom is 0.416 e. The van der Waals surface area contributed by atoms with Crippen LogP contribution in [-0.4, -0.2) is 30.4 Å². The molecule has 1 saturated heterocycles. The average Bonchev–Trinajstić information content (AvgIpc) is 3.05. The molecular weight excluding hydrogens is 349 g/mol. The van der Waals surface area contributed by atoms with Gasteiger partial charge in [-0.2, -0.15) is 13.2 Å². The number of alkyl halides is 3. The van der Waals surface area contributed by atoms with E-state index in [1.165, 1.54) is 0 Å². The molecular formula is C14H13F3N2O2S2. The van der Waals surface area contributed by atoms with E-state index in [0.717, 1.165) is 60.7 Å². The van der Waals surface area contributed by atoms with Crippen molar-refractivity contribution < 1.29 is 18.0 Å². The van der Waals surface area contributed by atoms with Crippen LogP contribution in [0.4, 0.5) is 18.9 Å². The molecule has 3 rings (SSSR count). The summed E-state index contributed by atoms with van der Waals surface area (Å²) in [5, 5.41) is 2.54. The van der Waals surface area contributed by atoms with Crippen LogP contribution in [0.25, 0.3) is 9.40 Å². The Morgan fingerprint density at radius 2 is 1.91 bits per heavy atom. The Morgan fingerprint density at radius 3 is 2.57 bits per heavy atom.